The number of aryl methyl sites for hydroxylation is 2. The first kappa shape index (κ1) is 15.4. The molecule has 1 aromatic heterocycles. The van der Waals surface area contributed by atoms with Crippen LogP contribution in [0.4, 0.5) is 0 Å². The van der Waals surface area contributed by atoms with Crippen LogP contribution in [0, 0.1) is 13.8 Å². The SMILES string of the molecule is COCCOCCn1c(C)cc(C)c(C(=O)O)c1=O. The first-order chi connectivity index (χ1) is 8.99. The number of hydrogen-bond donors (Lipinski definition) is 1. The molecule has 6 heteroatoms. The highest BCUT2D eigenvalue weighted by Crippen LogP contribution is 2.06. The van der Waals surface area contributed by atoms with Gasteiger partial charge in [0.15, 0.2) is 0 Å². The van der Waals surface area contributed by atoms with Gasteiger partial charge in [-0.05, 0) is 25.5 Å². The number of hydrogen-bond acceptors (Lipinski definition) is 4. The molecule has 0 aliphatic rings. The second kappa shape index (κ2) is 7.06. The molecule has 106 valence electrons. The van der Waals surface area contributed by atoms with Gasteiger partial charge in [0.05, 0.1) is 19.8 Å². The molecule has 0 saturated carbocycles. The molecule has 0 fully saturated rings. The number of aromatic nitrogens is 1. The minimum absolute atomic E-state index is 0.178. The second-order valence-corrected chi connectivity index (χ2v) is 4.21. The Morgan fingerprint density at radius 3 is 2.58 bits per heavy atom. The summed E-state index contributed by atoms with van der Waals surface area (Å²) in [5.41, 5.74) is 0.539. The van der Waals surface area contributed by atoms with Crippen LogP contribution < -0.4 is 5.56 Å². The van der Waals surface area contributed by atoms with Gasteiger partial charge in [-0.2, -0.15) is 0 Å². The first-order valence-electron chi connectivity index (χ1n) is 6.00. The number of aromatic carboxylic acids is 1. The number of pyridine rings is 1. The molecule has 0 aromatic carbocycles. The zero-order chi connectivity index (χ0) is 14.4. The summed E-state index contributed by atoms with van der Waals surface area (Å²) >= 11 is 0. The summed E-state index contributed by atoms with van der Waals surface area (Å²) in [6.07, 6.45) is 0. The summed E-state index contributed by atoms with van der Waals surface area (Å²) in [7, 11) is 1.58. The Balaban J connectivity index is 2.86. The Kier molecular flexibility index (Phi) is 5.72. The molecular weight excluding hydrogens is 250 g/mol. The van der Waals surface area contributed by atoms with Crippen molar-refractivity contribution >= 4 is 5.97 Å². The van der Waals surface area contributed by atoms with Gasteiger partial charge in [0.1, 0.15) is 5.56 Å². The maximum atomic E-state index is 12.1. The predicted octanol–water partition coefficient (Wildman–Crippen LogP) is 0.826. The van der Waals surface area contributed by atoms with Crippen LogP contribution in [0.3, 0.4) is 0 Å². The van der Waals surface area contributed by atoms with E-state index in [2.05, 4.69) is 0 Å². The van der Waals surface area contributed by atoms with Crippen molar-refractivity contribution in [3.8, 4) is 0 Å². The van der Waals surface area contributed by atoms with Gasteiger partial charge in [-0.15, -0.1) is 0 Å². The third kappa shape index (κ3) is 3.90. The lowest BCUT2D eigenvalue weighted by molar-refractivity contribution is 0.0653. The van der Waals surface area contributed by atoms with E-state index in [1.807, 2.05) is 0 Å². The summed E-state index contributed by atoms with van der Waals surface area (Å²) < 4.78 is 11.5. The van der Waals surface area contributed by atoms with Gasteiger partial charge in [-0.3, -0.25) is 4.79 Å². The first-order valence-corrected chi connectivity index (χ1v) is 6.00. The molecule has 0 spiro atoms. The van der Waals surface area contributed by atoms with Crippen LogP contribution in [0.15, 0.2) is 10.9 Å². The normalized spacial score (nSPS) is 10.7. The van der Waals surface area contributed by atoms with Crippen molar-refractivity contribution < 1.29 is 19.4 Å². The average Bonchev–Trinajstić information content (AvgIpc) is 2.31. The van der Waals surface area contributed by atoms with Crippen LogP contribution >= 0.6 is 0 Å². The Morgan fingerprint density at radius 1 is 1.32 bits per heavy atom. The molecule has 0 aliphatic carbocycles. The van der Waals surface area contributed by atoms with Crippen molar-refractivity contribution in [2.75, 3.05) is 26.9 Å². The van der Waals surface area contributed by atoms with Crippen LogP contribution in [0.1, 0.15) is 21.6 Å². The molecule has 0 radical (unpaired) electrons. The average molecular weight is 269 g/mol. The number of ether oxygens (including phenoxy) is 2. The minimum atomic E-state index is -1.20. The van der Waals surface area contributed by atoms with Gasteiger partial charge < -0.3 is 19.1 Å². The van der Waals surface area contributed by atoms with Crippen molar-refractivity contribution in [1.29, 1.82) is 0 Å². The second-order valence-electron chi connectivity index (χ2n) is 4.21. The van der Waals surface area contributed by atoms with Crippen molar-refractivity contribution in [3.05, 3.63) is 33.2 Å². The van der Waals surface area contributed by atoms with Crippen LogP contribution in [-0.4, -0.2) is 42.6 Å². The van der Waals surface area contributed by atoms with Crippen LogP contribution in [0.2, 0.25) is 0 Å². The van der Waals surface area contributed by atoms with Crippen molar-refractivity contribution in [2.45, 2.75) is 20.4 Å². The zero-order valence-electron chi connectivity index (χ0n) is 11.4. The molecule has 0 amide bonds. The van der Waals surface area contributed by atoms with E-state index >= 15 is 0 Å². The molecule has 19 heavy (non-hydrogen) atoms. The molecule has 0 aliphatic heterocycles. The van der Waals surface area contributed by atoms with Crippen molar-refractivity contribution in [2.24, 2.45) is 0 Å². The highest BCUT2D eigenvalue weighted by atomic mass is 16.5. The standard InChI is InChI=1S/C13H19NO5/c1-9-8-10(2)14(4-5-19-7-6-18-3)12(15)11(9)13(16)17/h8H,4-7H2,1-3H3,(H,16,17). The topological polar surface area (TPSA) is 77.8 Å². The summed E-state index contributed by atoms with van der Waals surface area (Å²) in [5.74, 6) is -1.20. The molecule has 1 N–H and O–H groups in total. The summed E-state index contributed by atoms with van der Waals surface area (Å²) in [5, 5.41) is 9.04. The monoisotopic (exact) mass is 269 g/mol. The molecule has 6 nitrogen and oxygen atoms in total. The van der Waals surface area contributed by atoms with E-state index < -0.39 is 11.5 Å². The molecule has 0 saturated heterocycles. The maximum absolute atomic E-state index is 12.1. The number of rotatable bonds is 7. The third-order valence-corrected chi connectivity index (χ3v) is 2.81. The van der Waals surface area contributed by atoms with Gasteiger partial charge in [0.25, 0.3) is 5.56 Å². The smallest absolute Gasteiger partial charge is 0.341 e. The fourth-order valence-electron chi connectivity index (χ4n) is 1.87. The lowest BCUT2D eigenvalue weighted by atomic mass is 10.1. The van der Waals surface area contributed by atoms with E-state index in [1.54, 1.807) is 27.0 Å². The van der Waals surface area contributed by atoms with E-state index in [9.17, 15) is 9.59 Å². The van der Waals surface area contributed by atoms with Gasteiger partial charge >= 0.3 is 5.97 Å². The maximum Gasteiger partial charge on any atom is 0.341 e. The molecule has 1 heterocycles. The van der Waals surface area contributed by atoms with Gasteiger partial charge in [0, 0.05) is 19.3 Å². The number of methoxy groups -OCH3 is 1. The minimum Gasteiger partial charge on any atom is -0.477 e. The van der Waals surface area contributed by atoms with Crippen LogP contribution in [0.5, 0.6) is 0 Å². The van der Waals surface area contributed by atoms with E-state index in [4.69, 9.17) is 14.6 Å². The highest BCUT2D eigenvalue weighted by Gasteiger charge is 2.16. The quantitative estimate of drug-likeness (QED) is 0.742. The van der Waals surface area contributed by atoms with Crippen LogP contribution in [-0.2, 0) is 16.0 Å². The van der Waals surface area contributed by atoms with Gasteiger partial charge in [-0.1, -0.05) is 0 Å². The summed E-state index contributed by atoms with van der Waals surface area (Å²) in [4.78, 5) is 23.1. The number of nitrogens with zero attached hydrogens (tertiary/aromatic N) is 1. The molecule has 1 aromatic rings. The fourth-order valence-corrected chi connectivity index (χ4v) is 1.87. The Bertz CT molecular complexity index is 506. The zero-order valence-corrected chi connectivity index (χ0v) is 11.4. The summed E-state index contributed by atoms with van der Waals surface area (Å²) in [6.45, 7) is 5.00. The number of carboxylic acids is 1. The van der Waals surface area contributed by atoms with E-state index in [0.29, 0.717) is 31.9 Å². The van der Waals surface area contributed by atoms with Gasteiger partial charge in [-0.25, -0.2) is 4.79 Å². The Hall–Kier alpha value is -1.66. The van der Waals surface area contributed by atoms with E-state index in [-0.39, 0.29) is 5.56 Å². The van der Waals surface area contributed by atoms with Crippen LogP contribution in [0.25, 0.3) is 0 Å². The fraction of sp³-hybridized carbons (Fsp3) is 0.538. The lowest BCUT2D eigenvalue weighted by Crippen LogP contribution is -2.30. The highest BCUT2D eigenvalue weighted by molar-refractivity contribution is 5.88. The largest absolute Gasteiger partial charge is 0.477 e. The molecule has 0 bridgehead atoms. The van der Waals surface area contributed by atoms with Crippen molar-refractivity contribution in [3.63, 3.8) is 0 Å². The van der Waals surface area contributed by atoms with Gasteiger partial charge in [0.2, 0.25) is 0 Å². The molecule has 1 rings (SSSR count). The van der Waals surface area contributed by atoms with Crippen molar-refractivity contribution in [1.82, 2.24) is 4.57 Å². The summed E-state index contributed by atoms with van der Waals surface area (Å²) in [6, 6.07) is 1.69. The molecular formula is C13H19NO5. The predicted molar refractivity (Wildman–Crippen MR) is 69.8 cm³/mol. The molecule has 0 atom stereocenters. The Morgan fingerprint density at radius 2 is 2.00 bits per heavy atom. The number of carbonyl (C=O) groups is 1. The Labute approximate surface area is 111 Å². The molecule has 0 unspecified atom stereocenters. The lowest BCUT2D eigenvalue weighted by Gasteiger charge is -2.13. The number of carboxylic acid groups (broad SMARTS) is 1. The van der Waals surface area contributed by atoms with E-state index in [0.717, 1.165) is 5.69 Å². The third-order valence-electron chi connectivity index (χ3n) is 2.81. The van der Waals surface area contributed by atoms with E-state index in [1.165, 1.54) is 4.57 Å².